The highest BCUT2D eigenvalue weighted by molar-refractivity contribution is 8.00. The van der Waals surface area contributed by atoms with E-state index in [1.807, 2.05) is 34.9 Å². The lowest BCUT2D eigenvalue weighted by Crippen LogP contribution is -2.44. The molecule has 8 heteroatoms. The topological polar surface area (TPSA) is 66.9 Å². The molecule has 0 saturated carbocycles. The molecule has 0 aromatic heterocycles. The first-order valence-corrected chi connectivity index (χ1v) is 12.9. The molecule has 2 aliphatic heterocycles. The van der Waals surface area contributed by atoms with Crippen LogP contribution in [0.25, 0.3) is 0 Å². The maximum absolute atomic E-state index is 13.4. The second kappa shape index (κ2) is 9.22. The lowest BCUT2D eigenvalue weighted by atomic mass is 9.96. The fourth-order valence-corrected chi connectivity index (χ4v) is 6.76. The summed E-state index contributed by atoms with van der Waals surface area (Å²) in [6.45, 7) is 3.60. The number of para-hydroxylation sites is 1. The summed E-state index contributed by atoms with van der Waals surface area (Å²) in [5.74, 6) is 0.575. The van der Waals surface area contributed by atoms with Gasteiger partial charge in [-0.1, -0.05) is 19.1 Å². The average Bonchev–Trinajstić information content (AvgIpc) is 2.97. The molecule has 0 N–H and O–H groups in total. The lowest BCUT2D eigenvalue weighted by molar-refractivity contribution is -0.123. The second-order valence-electron chi connectivity index (χ2n) is 8.03. The Hall–Kier alpha value is -2.03. The first kappa shape index (κ1) is 22.2. The van der Waals surface area contributed by atoms with Gasteiger partial charge >= 0.3 is 0 Å². The van der Waals surface area contributed by atoms with Crippen molar-refractivity contribution >= 4 is 33.4 Å². The quantitative estimate of drug-likeness (QED) is 0.690. The third kappa shape index (κ3) is 4.61. The molecular weight excluding hydrogens is 432 g/mol. The highest BCUT2D eigenvalue weighted by Gasteiger charge is 2.35. The number of rotatable bonds is 4. The number of piperidine rings is 1. The number of methoxy groups -OCH3 is 1. The molecule has 0 radical (unpaired) electrons. The van der Waals surface area contributed by atoms with Gasteiger partial charge in [0.1, 0.15) is 5.75 Å². The van der Waals surface area contributed by atoms with Crippen LogP contribution in [0.1, 0.15) is 26.2 Å². The zero-order valence-electron chi connectivity index (χ0n) is 17.9. The highest BCUT2D eigenvalue weighted by atomic mass is 32.2. The fourth-order valence-electron chi connectivity index (χ4n) is 4.18. The van der Waals surface area contributed by atoms with Crippen LogP contribution in [0, 0.1) is 5.92 Å². The van der Waals surface area contributed by atoms with E-state index >= 15 is 0 Å². The maximum atomic E-state index is 13.4. The smallest absolute Gasteiger partial charge is 0.243 e. The van der Waals surface area contributed by atoms with Crippen LogP contribution in [-0.2, 0) is 14.8 Å². The average molecular weight is 461 g/mol. The van der Waals surface area contributed by atoms with Gasteiger partial charge in [-0.05, 0) is 55.7 Å². The number of amides is 1. The summed E-state index contributed by atoms with van der Waals surface area (Å²) in [5, 5.41) is 0.454. The van der Waals surface area contributed by atoms with E-state index in [1.54, 1.807) is 31.4 Å². The van der Waals surface area contributed by atoms with E-state index < -0.39 is 10.0 Å². The van der Waals surface area contributed by atoms with Gasteiger partial charge in [-0.2, -0.15) is 4.31 Å². The fraction of sp³-hybridized carbons (Fsp3) is 0.435. The van der Waals surface area contributed by atoms with Gasteiger partial charge in [-0.3, -0.25) is 4.79 Å². The SMILES string of the molecule is COc1ccc(S(=O)(=O)N2CCC(C(=O)N3CC[C@H](C)Sc4ccccc43)CC2)cc1. The molecule has 166 valence electrons. The Labute approximate surface area is 188 Å². The Morgan fingerprint density at radius 1 is 1.00 bits per heavy atom. The van der Waals surface area contributed by atoms with Crippen molar-refractivity contribution in [3.05, 3.63) is 48.5 Å². The summed E-state index contributed by atoms with van der Waals surface area (Å²) in [6.07, 6.45) is 2.01. The maximum Gasteiger partial charge on any atom is 0.243 e. The Bertz CT molecular complexity index is 1030. The summed E-state index contributed by atoms with van der Waals surface area (Å²) >= 11 is 1.81. The molecule has 0 spiro atoms. The first-order chi connectivity index (χ1) is 14.9. The number of benzene rings is 2. The van der Waals surface area contributed by atoms with E-state index in [0.29, 0.717) is 43.5 Å². The Morgan fingerprint density at radius 2 is 1.68 bits per heavy atom. The molecule has 0 bridgehead atoms. The molecule has 0 unspecified atom stereocenters. The zero-order valence-corrected chi connectivity index (χ0v) is 19.5. The number of anilines is 1. The van der Waals surface area contributed by atoms with Gasteiger partial charge in [0.2, 0.25) is 15.9 Å². The largest absolute Gasteiger partial charge is 0.497 e. The second-order valence-corrected chi connectivity index (χ2v) is 11.4. The van der Waals surface area contributed by atoms with Gasteiger partial charge in [0.05, 0.1) is 17.7 Å². The van der Waals surface area contributed by atoms with Crippen LogP contribution in [0.4, 0.5) is 5.69 Å². The number of fused-ring (bicyclic) bond motifs is 1. The minimum Gasteiger partial charge on any atom is -0.497 e. The number of sulfonamides is 1. The molecule has 6 nitrogen and oxygen atoms in total. The number of thioether (sulfide) groups is 1. The predicted molar refractivity (Wildman–Crippen MR) is 123 cm³/mol. The van der Waals surface area contributed by atoms with E-state index in [0.717, 1.165) is 17.0 Å². The highest BCUT2D eigenvalue weighted by Crippen LogP contribution is 2.38. The van der Waals surface area contributed by atoms with Gasteiger partial charge < -0.3 is 9.64 Å². The molecule has 2 aromatic carbocycles. The third-order valence-corrected chi connectivity index (χ3v) is 9.16. The van der Waals surface area contributed by atoms with Crippen molar-refractivity contribution in [2.24, 2.45) is 5.92 Å². The Morgan fingerprint density at radius 3 is 2.35 bits per heavy atom. The van der Waals surface area contributed by atoms with Gasteiger partial charge in [-0.25, -0.2) is 8.42 Å². The van der Waals surface area contributed by atoms with Crippen molar-refractivity contribution in [1.29, 1.82) is 0 Å². The molecule has 0 aliphatic carbocycles. The normalized spacial score (nSPS) is 20.7. The van der Waals surface area contributed by atoms with E-state index in [2.05, 4.69) is 13.0 Å². The predicted octanol–water partition coefficient (Wildman–Crippen LogP) is 4.01. The van der Waals surface area contributed by atoms with E-state index in [4.69, 9.17) is 4.74 Å². The van der Waals surface area contributed by atoms with E-state index in [9.17, 15) is 13.2 Å². The van der Waals surface area contributed by atoms with Crippen molar-refractivity contribution < 1.29 is 17.9 Å². The molecule has 2 heterocycles. The molecule has 2 aromatic rings. The summed E-state index contributed by atoms with van der Waals surface area (Å²) in [4.78, 5) is 16.7. The summed E-state index contributed by atoms with van der Waals surface area (Å²) in [7, 11) is -2.02. The zero-order chi connectivity index (χ0) is 22.0. The van der Waals surface area contributed by atoms with Crippen LogP contribution in [0.3, 0.4) is 0 Å². The molecule has 4 rings (SSSR count). The minimum atomic E-state index is -3.57. The number of carbonyl (C=O) groups is 1. The molecule has 1 fully saturated rings. The van der Waals surface area contributed by atoms with Crippen molar-refractivity contribution in [3.8, 4) is 5.75 Å². The van der Waals surface area contributed by atoms with Crippen LogP contribution in [0.2, 0.25) is 0 Å². The molecule has 31 heavy (non-hydrogen) atoms. The van der Waals surface area contributed by atoms with Crippen LogP contribution in [0.5, 0.6) is 5.75 Å². The van der Waals surface area contributed by atoms with Crippen molar-refractivity contribution in [1.82, 2.24) is 4.31 Å². The van der Waals surface area contributed by atoms with Crippen molar-refractivity contribution in [2.45, 2.75) is 41.2 Å². The van der Waals surface area contributed by atoms with Crippen LogP contribution in [-0.4, -0.2) is 50.6 Å². The molecule has 2 aliphatic rings. The third-order valence-electron chi connectivity index (χ3n) is 6.01. The van der Waals surface area contributed by atoms with Crippen molar-refractivity contribution in [2.75, 3.05) is 31.6 Å². The summed E-state index contributed by atoms with van der Waals surface area (Å²) < 4.78 is 32.6. The number of hydrogen-bond acceptors (Lipinski definition) is 5. The molecule has 1 amide bonds. The van der Waals surface area contributed by atoms with Crippen LogP contribution >= 0.6 is 11.8 Å². The van der Waals surface area contributed by atoms with Crippen molar-refractivity contribution in [3.63, 3.8) is 0 Å². The minimum absolute atomic E-state index is 0.114. The van der Waals surface area contributed by atoms with Gasteiger partial charge in [0.15, 0.2) is 0 Å². The number of carbonyl (C=O) groups excluding carboxylic acids is 1. The number of nitrogens with zero attached hydrogens (tertiary/aromatic N) is 2. The van der Waals surface area contributed by atoms with Crippen LogP contribution in [0.15, 0.2) is 58.3 Å². The lowest BCUT2D eigenvalue weighted by Gasteiger charge is -2.33. The summed E-state index contributed by atoms with van der Waals surface area (Å²) in [5.41, 5.74) is 0.982. The summed E-state index contributed by atoms with van der Waals surface area (Å²) in [6, 6.07) is 14.5. The monoisotopic (exact) mass is 460 g/mol. The van der Waals surface area contributed by atoms with Gasteiger partial charge in [0.25, 0.3) is 0 Å². The van der Waals surface area contributed by atoms with Gasteiger partial charge in [-0.15, -0.1) is 11.8 Å². The number of hydrogen-bond donors (Lipinski definition) is 0. The Kier molecular flexibility index (Phi) is 6.60. The van der Waals surface area contributed by atoms with E-state index in [1.165, 1.54) is 4.31 Å². The number of ether oxygens (including phenoxy) is 1. The Balaban J connectivity index is 1.45. The van der Waals surface area contributed by atoms with Crippen LogP contribution < -0.4 is 9.64 Å². The van der Waals surface area contributed by atoms with Gasteiger partial charge in [0, 0.05) is 35.7 Å². The first-order valence-electron chi connectivity index (χ1n) is 10.6. The molecular formula is C23H28N2O4S2. The molecule has 1 atom stereocenters. The van der Waals surface area contributed by atoms with E-state index in [-0.39, 0.29) is 16.7 Å². The molecule has 1 saturated heterocycles. The standard InChI is InChI=1S/C23H28N2O4S2/c1-17-11-16-25(21-5-3-4-6-22(21)30-17)23(26)18-12-14-24(15-13-18)31(27,28)20-9-7-19(29-2)8-10-20/h3-10,17-18H,11-16H2,1-2H3/t17-/m0/s1.